The molecule has 0 heterocycles. The van der Waals surface area contributed by atoms with Crippen molar-refractivity contribution in [2.45, 2.75) is 104 Å². The molecule has 5 heteroatoms. The van der Waals surface area contributed by atoms with Crippen LogP contribution in [0.15, 0.2) is 36.4 Å². The van der Waals surface area contributed by atoms with E-state index >= 15 is 0 Å². The highest BCUT2D eigenvalue weighted by Crippen LogP contribution is 2.31. The highest BCUT2D eigenvalue weighted by molar-refractivity contribution is 5.73. The molecule has 0 unspecified atom stereocenters. The predicted molar refractivity (Wildman–Crippen MR) is 139 cm³/mol. The van der Waals surface area contributed by atoms with Crippen molar-refractivity contribution in [1.82, 2.24) is 0 Å². The second-order valence-corrected chi connectivity index (χ2v) is 9.23. The van der Waals surface area contributed by atoms with Crippen LogP contribution in [-0.2, 0) is 4.79 Å². The number of hydrogen-bond acceptors (Lipinski definition) is 3. The zero-order chi connectivity index (χ0) is 25.3. The summed E-state index contributed by atoms with van der Waals surface area (Å²) in [5.41, 5.74) is 0.658. The molecule has 0 aliphatic carbocycles. The molecule has 0 bridgehead atoms. The summed E-state index contributed by atoms with van der Waals surface area (Å²) in [5.74, 6) is -1.83. The first-order valence-corrected chi connectivity index (χ1v) is 13.5. The monoisotopic (exact) mass is 488 g/mol. The first-order valence-electron chi connectivity index (χ1n) is 13.5. The van der Waals surface area contributed by atoms with Crippen LogP contribution >= 0.6 is 0 Å². The van der Waals surface area contributed by atoms with Crippen LogP contribution in [0.1, 0.15) is 104 Å². The van der Waals surface area contributed by atoms with Gasteiger partial charge in [-0.1, -0.05) is 96.6 Å². The number of carbonyl (C=O) groups excluding carboxylic acids is 1. The molecule has 0 aliphatic heterocycles. The minimum Gasteiger partial charge on any atom is -0.490 e. The average molecular weight is 489 g/mol. The lowest BCUT2D eigenvalue weighted by atomic mass is 10.0. The van der Waals surface area contributed by atoms with Crippen LogP contribution in [0.3, 0.4) is 0 Å². The number of carbonyl (C=O) groups is 1. The number of esters is 1. The second kappa shape index (κ2) is 17.1. The van der Waals surface area contributed by atoms with Crippen molar-refractivity contribution in [3.63, 3.8) is 0 Å². The zero-order valence-electron chi connectivity index (χ0n) is 21.6. The maximum absolute atomic E-state index is 14.7. The van der Waals surface area contributed by atoms with Crippen LogP contribution in [-0.4, -0.2) is 12.6 Å². The van der Waals surface area contributed by atoms with Gasteiger partial charge in [0.05, 0.1) is 6.61 Å². The quantitative estimate of drug-likeness (QED) is 0.119. The zero-order valence-corrected chi connectivity index (χ0v) is 21.6. The van der Waals surface area contributed by atoms with Gasteiger partial charge in [0.15, 0.2) is 11.6 Å². The molecule has 2 rings (SSSR count). The highest BCUT2D eigenvalue weighted by atomic mass is 19.2. The van der Waals surface area contributed by atoms with Crippen LogP contribution < -0.4 is 9.47 Å². The van der Waals surface area contributed by atoms with E-state index in [9.17, 15) is 13.6 Å². The van der Waals surface area contributed by atoms with Gasteiger partial charge in [-0.3, -0.25) is 4.79 Å². The Kier molecular flexibility index (Phi) is 14.1. The van der Waals surface area contributed by atoms with E-state index in [4.69, 9.17) is 9.47 Å². The Morgan fingerprint density at radius 2 is 1.26 bits per heavy atom. The van der Waals surface area contributed by atoms with Gasteiger partial charge in [0.2, 0.25) is 5.82 Å². The molecule has 2 aromatic rings. The summed E-state index contributed by atoms with van der Waals surface area (Å²) in [6, 6.07) is 9.48. The Morgan fingerprint density at radius 3 is 1.89 bits per heavy atom. The van der Waals surface area contributed by atoms with Gasteiger partial charge >= 0.3 is 5.97 Å². The van der Waals surface area contributed by atoms with Crippen molar-refractivity contribution in [1.29, 1.82) is 0 Å². The smallest absolute Gasteiger partial charge is 0.311 e. The third-order valence-electron chi connectivity index (χ3n) is 6.18. The van der Waals surface area contributed by atoms with Gasteiger partial charge in [-0.2, -0.15) is 4.39 Å². The fourth-order valence-corrected chi connectivity index (χ4v) is 4.04. The lowest BCUT2D eigenvalue weighted by Crippen LogP contribution is -2.07. The molecule has 2 aromatic carbocycles. The molecule has 0 N–H and O–H groups in total. The van der Waals surface area contributed by atoms with Crippen LogP contribution in [0.2, 0.25) is 0 Å². The molecule has 194 valence electrons. The van der Waals surface area contributed by atoms with Crippen LogP contribution in [0.25, 0.3) is 11.1 Å². The molecular formula is C30H42F2O3. The predicted octanol–water partition coefficient (Wildman–Crippen LogP) is 9.42. The van der Waals surface area contributed by atoms with Crippen molar-refractivity contribution in [3.05, 3.63) is 48.0 Å². The lowest BCUT2D eigenvalue weighted by molar-refractivity contribution is -0.134. The van der Waals surface area contributed by atoms with Crippen molar-refractivity contribution >= 4 is 5.97 Å². The SMILES string of the molecule is CCCCCCCCCC(=O)Oc1ccc(-c2ccc(OCCCCCCCC)c(F)c2F)cc1. The van der Waals surface area contributed by atoms with Gasteiger partial charge in [0.1, 0.15) is 5.75 Å². The van der Waals surface area contributed by atoms with Gasteiger partial charge in [-0.05, 0) is 42.7 Å². The average Bonchev–Trinajstić information content (AvgIpc) is 2.86. The van der Waals surface area contributed by atoms with Gasteiger partial charge < -0.3 is 9.47 Å². The number of benzene rings is 2. The lowest BCUT2D eigenvalue weighted by Gasteiger charge is -2.11. The van der Waals surface area contributed by atoms with Crippen molar-refractivity contribution in [2.24, 2.45) is 0 Å². The molecule has 0 spiro atoms. The van der Waals surface area contributed by atoms with E-state index in [1.165, 1.54) is 57.1 Å². The van der Waals surface area contributed by atoms with E-state index in [2.05, 4.69) is 13.8 Å². The van der Waals surface area contributed by atoms with Crippen molar-refractivity contribution in [2.75, 3.05) is 6.61 Å². The van der Waals surface area contributed by atoms with E-state index in [-0.39, 0.29) is 17.3 Å². The third kappa shape index (κ3) is 10.8. The van der Waals surface area contributed by atoms with Crippen molar-refractivity contribution < 1.29 is 23.0 Å². The van der Waals surface area contributed by atoms with E-state index in [0.717, 1.165) is 38.5 Å². The van der Waals surface area contributed by atoms with Gasteiger partial charge in [-0.25, -0.2) is 4.39 Å². The molecule has 0 aromatic heterocycles. The summed E-state index contributed by atoms with van der Waals surface area (Å²) in [6.07, 6.45) is 15.0. The molecule has 0 fully saturated rings. The summed E-state index contributed by atoms with van der Waals surface area (Å²) in [5, 5.41) is 0. The van der Waals surface area contributed by atoms with E-state index in [1.807, 2.05) is 0 Å². The summed E-state index contributed by atoms with van der Waals surface area (Å²) in [4.78, 5) is 12.1. The van der Waals surface area contributed by atoms with Gasteiger partial charge in [0, 0.05) is 12.0 Å². The van der Waals surface area contributed by atoms with Crippen LogP contribution in [0, 0.1) is 11.6 Å². The summed E-state index contributed by atoms with van der Waals surface area (Å²) in [6.45, 7) is 4.74. The largest absolute Gasteiger partial charge is 0.490 e. The molecule has 0 saturated heterocycles. The minimum absolute atomic E-state index is 0.0595. The number of rotatable bonds is 18. The summed E-state index contributed by atoms with van der Waals surface area (Å²) < 4.78 is 40.1. The van der Waals surface area contributed by atoms with Gasteiger partial charge in [0.25, 0.3) is 0 Å². The van der Waals surface area contributed by atoms with E-state index in [1.54, 1.807) is 24.3 Å². The first-order chi connectivity index (χ1) is 17.1. The first kappa shape index (κ1) is 28.8. The van der Waals surface area contributed by atoms with Gasteiger partial charge in [-0.15, -0.1) is 0 Å². The number of hydrogen-bond donors (Lipinski definition) is 0. The fraction of sp³-hybridized carbons (Fsp3) is 0.567. The Morgan fingerprint density at radius 1 is 0.686 bits per heavy atom. The fourth-order valence-electron chi connectivity index (χ4n) is 4.04. The molecule has 3 nitrogen and oxygen atoms in total. The van der Waals surface area contributed by atoms with E-state index in [0.29, 0.717) is 24.3 Å². The Hall–Kier alpha value is -2.43. The topological polar surface area (TPSA) is 35.5 Å². The minimum atomic E-state index is -0.973. The van der Waals surface area contributed by atoms with Crippen molar-refractivity contribution in [3.8, 4) is 22.6 Å². The Balaban J connectivity index is 1.80. The molecular weight excluding hydrogens is 446 g/mol. The maximum atomic E-state index is 14.7. The highest BCUT2D eigenvalue weighted by Gasteiger charge is 2.16. The number of ether oxygens (including phenoxy) is 2. The maximum Gasteiger partial charge on any atom is 0.311 e. The number of unbranched alkanes of at least 4 members (excludes halogenated alkanes) is 11. The molecule has 35 heavy (non-hydrogen) atoms. The molecule has 0 atom stereocenters. The summed E-state index contributed by atoms with van der Waals surface area (Å²) >= 11 is 0. The van der Waals surface area contributed by atoms with Crippen LogP contribution in [0.4, 0.5) is 8.78 Å². The molecule has 0 saturated carbocycles. The number of halogens is 2. The molecule has 0 radical (unpaired) electrons. The Labute approximate surface area is 210 Å². The summed E-state index contributed by atoms with van der Waals surface area (Å²) in [7, 11) is 0. The molecule has 0 amide bonds. The Bertz CT molecular complexity index is 865. The molecule has 0 aliphatic rings. The normalized spacial score (nSPS) is 11.0. The second-order valence-electron chi connectivity index (χ2n) is 9.23. The standard InChI is InChI=1S/C30H42F2O3/c1-3-5-7-9-11-12-14-16-28(33)35-25-19-17-24(18-20-25)26-21-22-27(30(32)29(26)31)34-23-15-13-10-8-6-4-2/h17-22H,3-16,23H2,1-2H3. The third-order valence-corrected chi connectivity index (χ3v) is 6.18. The van der Waals surface area contributed by atoms with E-state index < -0.39 is 11.6 Å². The van der Waals surface area contributed by atoms with Crippen LogP contribution in [0.5, 0.6) is 11.5 Å².